The number of rotatable bonds is 10. The zero-order valence-corrected chi connectivity index (χ0v) is 22.3. The number of aryl methyl sites for hydroxylation is 1. The first-order valence-corrected chi connectivity index (χ1v) is 13.4. The van der Waals surface area contributed by atoms with E-state index in [0.29, 0.717) is 18.5 Å². The number of nitrogens with two attached hydrogens (primary N) is 1. The molecule has 4 rings (SSSR count). The van der Waals surface area contributed by atoms with Gasteiger partial charge in [-0.1, -0.05) is 79.7 Å². The van der Waals surface area contributed by atoms with Crippen LogP contribution in [0.2, 0.25) is 0 Å². The Morgan fingerprint density at radius 3 is 2.16 bits per heavy atom. The molecule has 3 aromatic carbocycles. The molecule has 2 unspecified atom stereocenters. The second kappa shape index (κ2) is 12.9. The van der Waals surface area contributed by atoms with Crippen LogP contribution in [0.1, 0.15) is 34.8 Å². The number of nitrogens with zero attached hydrogens (tertiary/aromatic N) is 1. The van der Waals surface area contributed by atoms with E-state index in [2.05, 4.69) is 29.7 Å². The number of hydrogen-bond acceptors (Lipinski definition) is 6. The standard InChI is InChI=1S/C30H32N4O3S/c1-3-24-27(22-12-8-5-9-13-22)38-29(33-24)26(19-21-14-16-23(31)17-15-21)32-28(35)25(34-30(36)37-2)18-20-10-6-4-7-11-20/h4-17,25-26H,3,18-19,31H2,1-2H3,(H,32,35)(H,34,36). The van der Waals surface area contributed by atoms with Crippen LogP contribution in [0.5, 0.6) is 0 Å². The lowest BCUT2D eigenvalue weighted by molar-refractivity contribution is -0.123. The number of methoxy groups -OCH3 is 1. The van der Waals surface area contributed by atoms with Gasteiger partial charge in [-0.15, -0.1) is 11.3 Å². The summed E-state index contributed by atoms with van der Waals surface area (Å²) in [5.74, 6) is -0.311. The largest absolute Gasteiger partial charge is 0.453 e. The van der Waals surface area contributed by atoms with Crippen LogP contribution in [-0.4, -0.2) is 30.1 Å². The van der Waals surface area contributed by atoms with Gasteiger partial charge in [0.1, 0.15) is 11.0 Å². The molecule has 0 aliphatic heterocycles. The molecule has 196 valence electrons. The average Bonchev–Trinajstić information content (AvgIpc) is 3.39. The molecule has 0 spiro atoms. The molecule has 0 bridgehead atoms. The van der Waals surface area contributed by atoms with Gasteiger partial charge in [0, 0.05) is 12.1 Å². The number of aromatic nitrogens is 1. The lowest BCUT2D eigenvalue weighted by Crippen LogP contribution is -2.49. The number of nitrogens with one attached hydrogen (secondary N) is 2. The van der Waals surface area contributed by atoms with Crippen molar-refractivity contribution in [1.82, 2.24) is 15.6 Å². The number of ether oxygens (including phenoxy) is 1. The molecular weight excluding hydrogens is 496 g/mol. The molecule has 0 saturated heterocycles. The van der Waals surface area contributed by atoms with Crippen molar-refractivity contribution in [2.24, 2.45) is 0 Å². The Morgan fingerprint density at radius 2 is 1.53 bits per heavy atom. The number of carbonyl (C=O) groups is 2. The molecule has 0 aliphatic carbocycles. The number of alkyl carbamates (subject to hydrolysis) is 1. The van der Waals surface area contributed by atoms with Gasteiger partial charge in [0.25, 0.3) is 0 Å². The zero-order valence-electron chi connectivity index (χ0n) is 21.5. The first kappa shape index (κ1) is 26.9. The molecule has 2 atom stereocenters. The Kier molecular flexibility index (Phi) is 9.11. The van der Waals surface area contributed by atoms with Crippen LogP contribution in [-0.2, 0) is 28.8 Å². The van der Waals surface area contributed by atoms with Crippen molar-refractivity contribution < 1.29 is 14.3 Å². The van der Waals surface area contributed by atoms with Gasteiger partial charge in [-0.3, -0.25) is 4.79 Å². The predicted octanol–water partition coefficient (Wildman–Crippen LogP) is 5.32. The monoisotopic (exact) mass is 528 g/mol. The first-order valence-electron chi connectivity index (χ1n) is 12.5. The summed E-state index contributed by atoms with van der Waals surface area (Å²) in [6.07, 6.45) is 0.950. The van der Waals surface area contributed by atoms with Crippen LogP contribution >= 0.6 is 11.3 Å². The highest BCUT2D eigenvalue weighted by molar-refractivity contribution is 7.15. The zero-order chi connectivity index (χ0) is 26.9. The molecule has 1 aromatic heterocycles. The van der Waals surface area contributed by atoms with Crippen molar-refractivity contribution in [1.29, 1.82) is 0 Å². The molecular formula is C30H32N4O3S. The number of nitrogen functional groups attached to an aromatic ring is 1. The Hall–Kier alpha value is -4.17. The summed E-state index contributed by atoms with van der Waals surface area (Å²) in [6, 6.07) is 26.1. The van der Waals surface area contributed by atoms with Gasteiger partial charge in [-0.2, -0.15) is 0 Å². The minimum atomic E-state index is -0.821. The molecule has 38 heavy (non-hydrogen) atoms. The van der Waals surface area contributed by atoms with Crippen molar-refractivity contribution in [2.75, 3.05) is 12.8 Å². The molecule has 4 aromatic rings. The summed E-state index contributed by atoms with van der Waals surface area (Å²) in [5, 5.41) is 6.67. The van der Waals surface area contributed by atoms with E-state index in [-0.39, 0.29) is 5.91 Å². The number of anilines is 1. The second-order valence-electron chi connectivity index (χ2n) is 8.93. The molecule has 0 radical (unpaired) electrons. The lowest BCUT2D eigenvalue weighted by atomic mass is 10.0. The number of thiazole rings is 1. The highest BCUT2D eigenvalue weighted by Crippen LogP contribution is 2.34. The Morgan fingerprint density at radius 1 is 0.895 bits per heavy atom. The van der Waals surface area contributed by atoms with Gasteiger partial charge in [0.2, 0.25) is 5.91 Å². The third-order valence-corrected chi connectivity index (χ3v) is 7.46. The lowest BCUT2D eigenvalue weighted by Gasteiger charge is -2.22. The molecule has 0 aliphatic rings. The van der Waals surface area contributed by atoms with Crippen LogP contribution in [0.25, 0.3) is 10.4 Å². The third kappa shape index (κ3) is 6.98. The van der Waals surface area contributed by atoms with Crippen LogP contribution < -0.4 is 16.4 Å². The maximum Gasteiger partial charge on any atom is 0.407 e. The topological polar surface area (TPSA) is 106 Å². The van der Waals surface area contributed by atoms with Crippen LogP contribution in [0.3, 0.4) is 0 Å². The van der Waals surface area contributed by atoms with Crippen molar-refractivity contribution in [3.8, 4) is 10.4 Å². The Balaban J connectivity index is 1.66. The average molecular weight is 529 g/mol. The summed E-state index contributed by atoms with van der Waals surface area (Å²) < 4.78 is 4.80. The first-order chi connectivity index (χ1) is 18.5. The molecule has 0 fully saturated rings. The summed E-state index contributed by atoms with van der Waals surface area (Å²) in [5.41, 5.74) is 10.6. The summed E-state index contributed by atoms with van der Waals surface area (Å²) >= 11 is 1.58. The van der Waals surface area contributed by atoms with Crippen LogP contribution in [0, 0.1) is 0 Å². The third-order valence-electron chi connectivity index (χ3n) is 6.20. The van der Waals surface area contributed by atoms with Crippen LogP contribution in [0.15, 0.2) is 84.9 Å². The second-order valence-corrected chi connectivity index (χ2v) is 9.96. The van der Waals surface area contributed by atoms with Gasteiger partial charge in [-0.05, 0) is 41.7 Å². The fourth-order valence-electron chi connectivity index (χ4n) is 4.20. The highest BCUT2D eigenvalue weighted by atomic mass is 32.1. The number of benzene rings is 3. The number of carbonyl (C=O) groups excluding carboxylic acids is 2. The summed E-state index contributed by atoms with van der Waals surface area (Å²) in [7, 11) is 1.28. The van der Waals surface area contributed by atoms with Crippen molar-refractivity contribution in [3.05, 3.63) is 107 Å². The molecule has 0 saturated carbocycles. The van der Waals surface area contributed by atoms with Gasteiger partial charge < -0.3 is 21.1 Å². The van der Waals surface area contributed by atoms with Gasteiger partial charge in [0.05, 0.1) is 23.7 Å². The van der Waals surface area contributed by atoms with E-state index in [1.54, 1.807) is 11.3 Å². The fourth-order valence-corrected chi connectivity index (χ4v) is 5.41. The fraction of sp³-hybridized carbons (Fsp3) is 0.233. The summed E-state index contributed by atoms with van der Waals surface area (Å²) in [4.78, 5) is 31.8. The smallest absolute Gasteiger partial charge is 0.407 e. The van der Waals surface area contributed by atoms with Crippen LogP contribution in [0.4, 0.5) is 10.5 Å². The van der Waals surface area contributed by atoms with Gasteiger partial charge >= 0.3 is 6.09 Å². The van der Waals surface area contributed by atoms with E-state index < -0.39 is 18.2 Å². The van der Waals surface area contributed by atoms with E-state index in [9.17, 15) is 9.59 Å². The SMILES string of the molecule is CCc1nc(C(Cc2ccc(N)cc2)NC(=O)C(Cc2ccccc2)NC(=O)OC)sc1-c1ccccc1. The minimum Gasteiger partial charge on any atom is -0.453 e. The van der Waals surface area contributed by atoms with Crippen molar-refractivity contribution >= 4 is 29.0 Å². The van der Waals surface area contributed by atoms with Gasteiger partial charge in [-0.25, -0.2) is 9.78 Å². The maximum absolute atomic E-state index is 13.6. The predicted molar refractivity (Wildman–Crippen MR) is 152 cm³/mol. The Bertz CT molecular complexity index is 1340. The van der Waals surface area contributed by atoms with Crippen molar-refractivity contribution in [3.63, 3.8) is 0 Å². The summed E-state index contributed by atoms with van der Waals surface area (Å²) in [6.45, 7) is 2.08. The van der Waals surface area contributed by atoms with Crippen molar-refractivity contribution in [2.45, 2.75) is 38.3 Å². The van der Waals surface area contributed by atoms with E-state index in [1.807, 2.05) is 72.8 Å². The van der Waals surface area contributed by atoms with E-state index in [1.165, 1.54) is 7.11 Å². The number of amides is 2. The normalized spacial score (nSPS) is 12.4. The molecule has 2 amide bonds. The molecule has 7 nitrogen and oxygen atoms in total. The van der Waals surface area contributed by atoms with E-state index >= 15 is 0 Å². The minimum absolute atomic E-state index is 0.311. The van der Waals surface area contributed by atoms with E-state index in [0.717, 1.165) is 38.7 Å². The molecule has 8 heteroatoms. The van der Waals surface area contributed by atoms with E-state index in [4.69, 9.17) is 15.5 Å². The highest BCUT2D eigenvalue weighted by Gasteiger charge is 2.27. The maximum atomic E-state index is 13.6. The number of hydrogen-bond donors (Lipinski definition) is 3. The molecule has 1 heterocycles. The Labute approximate surface area is 227 Å². The molecule has 4 N–H and O–H groups in total. The van der Waals surface area contributed by atoms with Gasteiger partial charge in [0.15, 0.2) is 0 Å². The quantitative estimate of drug-likeness (QED) is 0.242.